The predicted octanol–water partition coefficient (Wildman–Crippen LogP) is -2.58. The van der Waals surface area contributed by atoms with Crippen molar-refractivity contribution >= 4 is 10.4 Å². The van der Waals surface area contributed by atoms with Crippen LogP contribution in [0.15, 0.2) is 0 Å². The Hall–Kier alpha value is 0.870. The Balaban J connectivity index is -0.000000320. The molecule has 0 aromatic heterocycles. The van der Waals surface area contributed by atoms with Gasteiger partial charge in [-0.05, 0) is 13.8 Å². The van der Waals surface area contributed by atoms with Gasteiger partial charge in [0.2, 0.25) is 0 Å². The molecular weight excluding hydrogens is 167 g/mol. The maximum atomic E-state index is 10.4. The van der Waals surface area contributed by atoms with E-state index >= 15 is 0 Å². The predicted molar refractivity (Wildman–Crippen MR) is 33.3 cm³/mol. The molecule has 6 heteroatoms. The van der Waals surface area contributed by atoms with E-state index < -0.39 is 10.4 Å². The molecule has 0 spiro atoms. The van der Waals surface area contributed by atoms with Crippen molar-refractivity contribution in [2.75, 3.05) is 13.2 Å². The molecule has 0 saturated heterocycles. The van der Waals surface area contributed by atoms with E-state index in [1.165, 1.54) is 0 Å². The van der Waals surface area contributed by atoms with Gasteiger partial charge in [-0.2, -0.15) is 8.42 Å². The van der Waals surface area contributed by atoms with Gasteiger partial charge >= 0.3 is 40.0 Å². The summed E-state index contributed by atoms with van der Waals surface area (Å²) in [6.07, 6.45) is 0. The molecule has 0 amide bonds. The summed E-state index contributed by atoms with van der Waals surface area (Å²) in [5, 5.41) is 0. The third-order valence-electron chi connectivity index (χ3n) is 0.524. The van der Waals surface area contributed by atoms with Gasteiger partial charge < -0.3 is 1.43 Å². The summed E-state index contributed by atoms with van der Waals surface area (Å²) in [6.45, 7) is 3.39. The SMILES string of the molecule is CCOS(=O)(=O)OCC.[H-].[Na+]. The van der Waals surface area contributed by atoms with E-state index in [0.29, 0.717) is 0 Å². The summed E-state index contributed by atoms with van der Waals surface area (Å²) >= 11 is 0. The minimum Gasteiger partial charge on any atom is -1.00 e. The molecule has 0 rings (SSSR count). The van der Waals surface area contributed by atoms with E-state index in [1.54, 1.807) is 13.8 Å². The Labute approximate surface area is 85.0 Å². The largest absolute Gasteiger partial charge is 1.00 e. The maximum Gasteiger partial charge on any atom is 1.00 e. The first kappa shape index (κ1) is 13.5. The average molecular weight is 178 g/mol. The molecule has 0 saturated carbocycles. The van der Waals surface area contributed by atoms with Crippen molar-refractivity contribution in [3.8, 4) is 0 Å². The molecule has 58 valence electrons. The third kappa shape index (κ3) is 6.98. The van der Waals surface area contributed by atoms with Gasteiger partial charge in [-0.1, -0.05) is 0 Å². The smallest absolute Gasteiger partial charge is 1.00 e. The Bertz CT molecular complexity index is 145. The second kappa shape index (κ2) is 6.57. The van der Waals surface area contributed by atoms with Crippen molar-refractivity contribution in [2.45, 2.75) is 13.8 Å². The van der Waals surface area contributed by atoms with Crippen LogP contribution in [0.1, 0.15) is 15.3 Å². The van der Waals surface area contributed by atoms with Crippen molar-refractivity contribution in [3.63, 3.8) is 0 Å². The van der Waals surface area contributed by atoms with Crippen molar-refractivity contribution < 1.29 is 47.8 Å². The fourth-order valence-electron chi connectivity index (χ4n) is 0.323. The molecule has 0 radical (unpaired) electrons. The summed E-state index contributed by atoms with van der Waals surface area (Å²) in [4.78, 5) is 0. The van der Waals surface area contributed by atoms with Crippen LogP contribution in [0.5, 0.6) is 0 Å². The molecule has 0 aromatic rings. The standard InChI is InChI=1S/C4H10O4S.Na.H/c1-3-7-9(5,6)8-4-2;;/h3-4H2,1-2H3;;/q;+1;-1. The van der Waals surface area contributed by atoms with Crippen LogP contribution in [-0.2, 0) is 18.8 Å². The van der Waals surface area contributed by atoms with E-state index in [4.69, 9.17) is 0 Å². The van der Waals surface area contributed by atoms with Crippen molar-refractivity contribution in [1.29, 1.82) is 0 Å². The molecule has 0 aliphatic rings. The van der Waals surface area contributed by atoms with Gasteiger partial charge in [-0.15, -0.1) is 0 Å². The Kier molecular flexibility index (Phi) is 8.85. The minimum absolute atomic E-state index is 0. The monoisotopic (exact) mass is 178 g/mol. The van der Waals surface area contributed by atoms with Crippen LogP contribution in [0.25, 0.3) is 0 Å². The Morgan fingerprint density at radius 2 is 1.50 bits per heavy atom. The van der Waals surface area contributed by atoms with E-state index in [9.17, 15) is 8.42 Å². The van der Waals surface area contributed by atoms with Gasteiger partial charge in [0.25, 0.3) is 0 Å². The van der Waals surface area contributed by atoms with Gasteiger partial charge in [-0.25, -0.2) is 8.37 Å². The summed E-state index contributed by atoms with van der Waals surface area (Å²) in [5.74, 6) is 0. The number of hydrogen-bond acceptors (Lipinski definition) is 4. The van der Waals surface area contributed by atoms with Crippen LogP contribution in [0.3, 0.4) is 0 Å². The van der Waals surface area contributed by atoms with Gasteiger partial charge in [0.1, 0.15) is 0 Å². The molecular formula is C4H11NaO4S. The molecule has 0 atom stereocenters. The molecule has 0 unspecified atom stereocenters. The second-order valence-corrected chi connectivity index (χ2v) is 2.51. The number of rotatable bonds is 4. The molecule has 0 fully saturated rings. The third-order valence-corrected chi connectivity index (χ3v) is 1.57. The molecule has 0 aromatic carbocycles. The normalized spacial score (nSPS) is 10.6. The summed E-state index contributed by atoms with van der Waals surface area (Å²) in [5.41, 5.74) is 0. The molecule has 4 nitrogen and oxygen atoms in total. The second-order valence-electron chi connectivity index (χ2n) is 1.22. The number of hydrogen-bond donors (Lipinski definition) is 0. The van der Waals surface area contributed by atoms with Crippen molar-refractivity contribution in [1.82, 2.24) is 0 Å². The first-order valence-electron chi connectivity index (χ1n) is 2.66. The van der Waals surface area contributed by atoms with Crippen LogP contribution < -0.4 is 29.6 Å². The quantitative estimate of drug-likeness (QED) is 0.444. The maximum absolute atomic E-state index is 10.4. The van der Waals surface area contributed by atoms with Crippen LogP contribution in [0.4, 0.5) is 0 Å². The van der Waals surface area contributed by atoms with E-state index in [0.717, 1.165) is 0 Å². The molecule has 0 heterocycles. The summed E-state index contributed by atoms with van der Waals surface area (Å²) < 4.78 is 29.2. The van der Waals surface area contributed by atoms with Gasteiger partial charge in [0.15, 0.2) is 0 Å². The minimum atomic E-state index is -3.68. The van der Waals surface area contributed by atoms with Gasteiger partial charge in [0, 0.05) is 0 Å². The zero-order valence-corrected chi connectivity index (χ0v) is 9.27. The van der Waals surface area contributed by atoms with Crippen LogP contribution in [0, 0.1) is 0 Å². The molecule has 0 bridgehead atoms. The topological polar surface area (TPSA) is 52.6 Å². The van der Waals surface area contributed by atoms with Crippen LogP contribution in [0.2, 0.25) is 0 Å². The summed E-state index contributed by atoms with van der Waals surface area (Å²) in [6, 6.07) is 0. The molecule has 0 aliphatic heterocycles. The fourth-order valence-corrected chi connectivity index (χ4v) is 0.968. The first-order chi connectivity index (χ1) is 4.12. The van der Waals surface area contributed by atoms with Crippen LogP contribution >= 0.6 is 0 Å². The Morgan fingerprint density at radius 3 is 1.70 bits per heavy atom. The van der Waals surface area contributed by atoms with E-state index in [1.807, 2.05) is 0 Å². The Morgan fingerprint density at radius 1 is 1.20 bits per heavy atom. The first-order valence-corrected chi connectivity index (χ1v) is 3.99. The zero-order valence-electron chi connectivity index (χ0n) is 7.46. The van der Waals surface area contributed by atoms with E-state index in [2.05, 4.69) is 8.37 Å². The zero-order chi connectivity index (χ0) is 7.33. The molecule has 10 heavy (non-hydrogen) atoms. The van der Waals surface area contributed by atoms with Crippen molar-refractivity contribution in [3.05, 3.63) is 0 Å². The van der Waals surface area contributed by atoms with E-state index in [-0.39, 0.29) is 44.2 Å². The molecule has 0 aliphatic carbocycles. The molecule has 0 N–H and O–H groups in total. The van der Waals surface area contributed by atoms with Gasteiger partial charge in [0.05, 0.1) is 13.2 Å². The van der Waals surface area contributed by atoms with Gasteiger partial charge in [-0.3, -0.25) is 0 Å². The summed E-state index contributed by atoms with van der Waals surface area (Å²) in [7, 11) is -3.68. The van der Waals surface area contributed by atoms with Crippen molar-refractivity contribution in [2.24, 2.45) is 0 Å². The average Bonchev–Trinajstić information content (AvgIpc) is 1.64. The van der Waals surface area contributed by atoms with Crippen LogP contribution in [-0.4, -0.2) is 21.6 Å². The fraction of sp³-hybridized carbons (Fsp3) is 1.00.